The Morgan fingerprint density at radius 3 is 1.18 bits per heavy atom. The number of phenolic OH excluding ortho intramolecular Hbond substituents is 1. The van der Waals surface area contributed by atoms with Gasteiger partial charge < -0.3 is 134 Å². The minimum absolute atomic E-state index is 0.00157. The standard InChI is InChI=1S/C83H122N24O22S/c1-105(48-73(119)97-53(74(89)120)31-36-130-2)81(127)60(39-50-17-7-4-8-18-50)104-78(124)59(37-49-15-5-3-6-16-49)103-77(123)54(27-29-63(87)109)100-76(122)55(28-30-64(88)110)101-79(125)61-21-13-35-107(61)83(129)57(20-10-12-33-85)102-80(126)62-22-14-34-106(62)82(128)56(19-9-11-32-84)98-72(118)47-95-70(116)45-93-68(114)43-91-66(112)41-90-67(113)42-92-69(115)44-94-71(117)46-96-75(121)58(99-65(111)40-86)38-51-23-25-52(108)26-24-51/h3-8,15-18,23-26,53-62,108H,9-14,19-22,27-48,84-86H2,1-2H3,(H2,87,109)(H2,88,110)(H2,89,120)(H,90,113)(H,91,112)(H,92,115)(H,93,114)(H,94,117)(H,95,116)(H,96,121)(H,97,119)(H,98,118)(H,99,111)(H,100,122)(H,101,125)(H,102,126)(H,103,123)(H,104,124)/t53-,54-,55-,56-,57-,58-,59-,60-,61-,62-/m0/s1. The van der Waals surface area contributed by atoms with Crippen molar-refractivity contribution in [1.29, 1.82) is 0 Å². The first kappa shape index (κ1) is 107. The van der Waals surface area contributed by atoms with Gasteiger partial charge in [-0.25, -0.2) is 0 Å². The van der Waals surface area contributed by atoms with E-state index in [-0.39, 0.29) is 89.7 Å². The molecule has 2 fully saturated rings. The van der Waals surface area contributed by atoms with Crippen molar-refractivity contribution in [2.45, 2.75) is 176 Å². The summed E-state index contributed by atoms with van der Waals surface area (Å²) in [7, 11) is 1.31. The number of thioether (sulfide) groups is 1. The van der Waals surface area contributed by atoms with Crippen LogP contribution in [0, 0.1) is 0 Å². The number of likely N-dealkylation sites (N-methyl/N-ethyl adjacent to an activating group) is 1. The minimum atomic E-state index is -1.69. The fourth-order valence-electron chi connectivity index (χ4n) is 13.7. The summed E-state index contributed by atoms with van der Waals surface area (Å²) in [5.74, 6) is -17.0. The molecule has 3 aromatic rings. The van der Waals surface area contributed by atoms with E-state index in [1.165, 1.54) is 52.9 Å². The van der Waals surface area contributed by atoms with Gasteiger partial charge >= 0.3 is 0 Å². The molecular formula is C83H122N24O22S. The van der Waals surface area contributed by atoms with Gasteiger partial charge in [0, 0.05) is 52.2 Å². The normalized spacial score (nSPS) is 15.0. The zero-order chi connectivity index (χ0) is 95.8. The molecule has 0 saturated carbocycles. The van der Waals surface area contributed by atoms with Crippen LogP contribution in [0.3, 0.4) is 0 Å². The molecule has 712 valence electrons. The predicted molar refractivity (Wildman–Crippen MR) is 470 cm³/mol. The lowest BCUT2D eigenvalue weighted by atomic mass is 10.0. The molecule has 2 aliphatic rings. The van der Waals surface area contributed by atoms with Crippen LogP contribution in [-0.4, -0.2) is 308 Å². The molecule has 0 radical (unpaired) electrons. The number of nitrogens with two attached hydrogens (primary N) is 6. The number of carbonyl (C=O) groups excluding carboxylic acids is 21. The summed E-state index contributed by atoms with van der Waals surface area (Å²) in [6, 6.07) is 9.19. The third-order valence-electron chi connectivity index (χ3n) is 20.6. The highest BCUT2D eigenvalue weighted by Crippen LogP contribution is 2.25. The Bertz CT molecular complexity index is 4410. The van der Waals surface area contributed by atoms with E-state index in [2.05, 4.69) is 79.8 Å². The van der Waals surface area contributed by atoms with E-state index in [0.717, 1.165) is 4.90 Å². The van der Waals surface area contributed by atoms with Crippen LogP contribution in [0.15, 0.2) is 84.9 Å². The second-order valence-electron chi connectivity index (χ2n) is 30.8. The van der Waals surface area contributed by atoms with Crippen LogP contribution in [0.5, 0.6) is 5.75 Å². The van der Waals surface area contributed by atoms with Gasteiger partial charge in [-0.05, 0) is 137 Å². The number of hydrogen-bond acceptors (Lipinski definition) is 26. The summed E-state index contributed by atoms with van der Waals surface area (Å²) in [5.41, 5.74) is 35.4. The Hall–Kier alpha value is -13.4. The number of amides is 21. The first-order chi connectivity index (χ1) is 62.0. The number of likely N-dealkylation sites (tertiary alicyclic amines) is 2. The smallest absolute Gasteiger partial charge is 0.245 e. The van der Waals surface area contributed by atoms with E-state index in [4.69, 9.17) is 34.4 Å². The van der Waals surface area contributed by atoms with Crippen molar-refractivity contribution in [2.24, 2.45) is 34.4 Å². The molecule has 3 aromatic carbocycles. The largest absolute Gasteiger partial charge is 0.508 e. The molecule has 47 heteroatoms. The van der Waals surface area contributed by atoms with Crippen molar-refractivity contribution in [3.8, 4) is 5.75 Å². The molecule has 0 aromatic heterocycles. The minimum Gasteiger partial charge on any atom is -0.508 e. The molecule has 2 heterocycles. The number of aromatic hydroxyl groups is 1. The highest BCUT2D eigenvalue weighted by atomic mass is 32.2. The number of primary amides is 3. The summed E-state index contributed by atoms with van der Waals surface area (Å²) in [6.07, 6.45) is 1.89. The van der Waals surface area contributed by atoms with E-state index in [0.29, 0.717) is 54.5 Å². The summed E-state index contributed by atoms with van der Waals surface area (Å²) in [5, 5.41) is 46.2. The average molecular weight is 1840 g/mol. The first-order valence-electron chi connectivity index (χ1n) is 42.5. The molecule has 46 nitrogen and oxygen atoms in total. The SMILES string of the molecule is CSCC[C@H](NC(=O)CN(C)C(=O)[C@H](Cc1ccccc1)NC(=O)[C@H](Cc1ccccc1)NC(=O)[C@H](CCC(N)=O)NC(=O)[C@H](CCC(N)=O)NC(=O)[C@@H]1CCCN1C(=O)[C@H](CCCCN)NC(=O)[C@@H]1CCCN1C(=O)[C@H](CCCCN)NC(=O)CNC(=O)CNC(=O)CNC(=O)CNC(=O)CNC(=O)CNC(=O)CNC(=O)[C@H](Cc1ccc(O)cc1)NC(=O)CN)C(N)=O. The molecule has 10 atom stereocenters. The Balaban J connectivity index is 1.16. The van der Waals surface area contributed by atoms with Crippen LogP contribution >= 0.6 is 11.8 Å². The fourth-order valence-corrected chi connectivity index (χ4v) is 14.2. The van der Waals surface area contributed by atoms with Gasteiger partial charge in [-0.2, -0.15) is 11.8 Å². The highest BCUT2D eigenvalue weighted by Gasteiger charge is 2.43. The van der Waals surface area contributed by atoms with Crippen molar-refractivity contribution in [3.63, 3.8) is 0 Å². The van der Waals surface area contributed by atoms with Crippen molar-refractivity contribution in [3.05, 3.63) is 102 Å². The van der Waals surface area contributed by atoms with E-state index in [9.17, 15) is 106 Å². The van der Waals surface area contributed by atoms with E-state index < -0.39 is 269 Å². The monoisotopic (exact) mass is 1840 g/mol. The molecular weight excluding hydrogens is 1720 g/mol. The second kappa shape index (κ2) is 57.4. The Kier molecular flexibility index (Phi) is 47.3. The van der Waals surface area contributed by atoms with Crippen molar-refractivity contribution >= 4 is 136 Å². The van der Waals surface area contributed by atoms with Crippen LogP contribution in [0.25, 0.3) is 0 Å². The average Bonchev–Trinajstić information content (AvgIpc) is 1.53. The zero-order valence-corrected chi connectivity index (χ0v) is 73.5. The third kappa shape index (κ3) is 39.4. The lowest BCUT2D eigenvalue weighted by Crippen LogP contribution is -2.60. The summed E-state index contributed by atoms with van der Waals surface area (Å²) >= 11 is 1.43. The number of rotatable bonds is 58. The van der Waals surface area contributed by atoms with Crippen LogP contribution in [0.2, 0.25) is 0 Å². The van der Waals surface area contributed by atoms with Gasteiger partial charge in [-0.15, -0.1) is 0 Å². The van der Waals surface area contributed by atoms with Gasteiger partial charge in [-0.3, -0.25) is 101 Å². The Morgan fingerprint density at radius 2 is 0.754 bits per heavy atom. The Labute approximate surface area is 754 Å². The molecule has 0 unspecified atom stereocenters. The third-order valence-corrected chi connectivity index (χ3v) is 21.3. The number of benzene rings is 3. The topological polar surface area (TPSA) is 725 Å². The maximum atomic E-state index is 14.9. The molecule has 0 aliphatic carbocycles. The van der Waals surface area contributed by atoms with Gasteiger partial charge in [0.25, 0.3) is 0 Å². The lowest BCUT2D eigenvalue weighted by Gasteiger charge is -2.32. The van der Waals surface area contributed by atoms with E-state index in [1.54, 1.807) is 60.7 Å². The fraction of sp³-hybridized carbons (Fsp3) is 0.530. The van der Waals surface area contributed by atoms with Crippen molar-refractivity contribution in [1.82, 2.24) is 94.5 Å². The Morgan fingerprint density at radius 1 is 0.392 bits per heavy atom. The van der Waals surface area contributed by atoms with Crippen LogP contribution in [0.4, 0.5) is 0 Å². The van der Waals surface area contributed by atoms with Crippen molar-refractivity contribution < 1.29 is 106 Å². The number of nitrogens with zero attached hydrogens (tertiary/aromatic N) is 3. The quantitative estimate of drug-likeness (QED) is 0.0233. The van der Waals surface area contributed by atoms with Gasteiger partial charge in [0.05, 0.1) is 58.9 Å². The summed E-state index contributed by atoms with van der Waals surface area (Å²) in [6.45, 7) is -5.16. The molecule has 2 aliphatic heterocycles. The number of carbonyl (C=O) groups is 21. The van der Waals surface area contributed by atoms with Crippen molar-refractivity contribution in [2.75, 3.05) is 104 Å². The number of unbranched alkanes of at least 4 members (excludes halogenated alkanes) is 2. The first-order valence-corrected chi connectivity index (χ1v) is 43.9. The maximum absolute atomic E-state index is 14.9. The van der Waals surface area contributed by atoms with Crippen LogP contribution in [-0.2, 0) is 120 Å². The van der Waals surface area contributed by atoms with E-state index in [1.807, 2.05) is 6.26 Å². The number of nitrogens with one attached hydrogen (secondary N) is 15. The second-order valence-corrected chi connectivity index (χ2v) is 31.8. The summed E-state index contributed by atoms with van der Waals surface area (Å²) < 4.78 is 0. The van der Waals surface area contributed by atoms with Gasteiger partial charge in [0.2, 0.25) is 124 Å². The van der Waals surface area contributed by atoms with Gasteiger partial charge in [0.1, 0.15) is 66.2 Å². The molecule has 2 saturated heterocycles. The highest BCUT2D eigenvalue weighted by molar-refractivity contribution is 7.98. The van der Waals surface area contributed by atoms with Gasteiger partial charge in [-0.1, -0.05) is 72.8 Å². The molecule has 21 amide bonds. The number of hydrogen-bond donors (Lipinski definition) is 22. The summed E-state index contributed by atoms with van der Waals surface area (Å²) in [4.78, 5) is 284. The van der Waals surface area contributed by atoms with E-state index >= 15 is 0 Å². The van der Waals surface area contributed by atoms with Crippen LogP contribution < -0.4 is 114 Å². The van der Waals surface area contributed by atoms with Crippen LogP contribution in [0.1, 0.15) is 113 Å². The molecule has 130 heavy (non-hydrogen) atoms. The predicted octanol–water partition coefficient (Wildman–Crippen LogP) is -9.46. The molecule has 0 bridgehead atoms. The lowest BCUT2D eigenvalue weighted by molar-refractivity contribution is -0.144. The maximum Gasteiger partial charge on any atom is 0.245 e. The number of phenols is 1. The molecule has 0 spiro atoms. The molecule has 28 N–H and O–H groups in total. The molecule has 5 rings (SSSR count). The van der Waals surface area contributed by atoms with Gasteiger partial charge in [0.15, 0.2) is 0 Å². The zero-order valence-electron chi connectivity index (χ0n) is 72.7.